The fourth-order valence-electron chi connectivity index (χ4n) is 7.45. The summed E-state index contributed by atoms with van der Waals surface area (Å²) >= 11 is 0. The van der Waals surface area contributed by atoms with E-state index in [1.54, 1.807) is 18.2 Å². The van der Waals surface area contributed by atoms with Gasteiger partial charge in [-0.15, -0.1) is 0 Å². The standard InChI is InChI=1S/C38H50N6O5/c1-38(2,3)42-34(47)31-21-26-14-7-8-15-27(26)23-43(31)35(32(45)20-17-24-11-5-4-6-12-24)44(36(48)28(39)22-33(40)46)37(49)30-19-18-25-13-9-10-16-29(25)41-30/h4-6,9-13,16,18-19,26-28,31-32,35,45H,7-8,14-15,17,20-23,39H2,1-3H3,(H2,40,46)(H,42,47)/t26?,27?,28-,31-,32+,35?/m0/s1. The molecule has 11 heteroatoms. The van der Waals surface area contributed by atoms with Crippen LogP contribution in [0.2, 0.25) is 0 Å². The lowest BCUT2D eigenvalue weighted by Gasteiger charge is -2.51. The van der Waals surface area contributed by atoms with E-state index in [0.29, 0.717) is 30.8 Å². The summed E-state index contributed by atoms with van der Waals surface area (Å²) in [5.74, 6) is -2.18. The van der Waals surface area contributed by atoms with Crippen LogP contribution < -0.4 is 16.8 Å². The van der Waals surface area contributed by atoms with Crippen LogP contribution in [0.15, 0.2) is 66.7 Å². The topological polar surface area (TPSA) is 172 Å². The van der Waals surface area contributed by atoms with Crippen LogP contribution in [0.1, 0.15) is 81.8 Å². The van der Waals surface area contributed by atoms with Crippen LogP contribution in [0.5, 0.6) is 0 Å². The summed E-state index contributed by atoms with van der Waals surface area (Å²) in [6.45, 7) is 6.11. The summed E-state index contributed by atoms with van der Waals surface area (Å²) < 4.78 is 0. The van der Waals surface area contributed by atoms with Gasteiger partial charge in [0.05, 0.1) is 30.1 Å². The number of likely N-dealkylation sites (tertiary alicyclic amines) is 1. The number of aliphatic hydroxyl groups is 1. The van der Waals surface area contributed by atoms with Gasteiger partial charge in [-0.2, -0.15) is 0 Å². The normalized spacial score (nSPS) is 21.6. The van der Waals surface area contributed by atoms with Crippen molar-refractivity contribution < 1.29 is 24.3 Å². The molecule has 1 saturated heterocycles. The molecule has 1 aliphatic carbocycles. The first-order valence-corrected chi connectivity index (χ1v) is 17.4. The van der Waals surface area contributed by atoms with Gasteiger partial charge in [0.25, 0.3) is 5.91 Å². The summed E-state index contributed by atoms with van der Waals surface area (Å²) in [5, 5.41) is 16.1. The third-order valence-electron chi connectivity index (χ3n) is 9.77. The zero-order valence-electron chi connectivity index (χ0n) is 28.8. The van der Waals surface area contributed by atoms with Crippen molar-refractivity contribution in [2.45, 2.75) is 102 Å². The number of carbonyl (C=O) groups excluding carboxylic acids is 4. The van der Waals surface area contributed by atoms with E-state index in [2.05, 4.69) is 10.3 Å². The number of para-hydroxylation sites is 1. The van der Waals surface area contributed by atoms with Crippen LogP contribution >= 0.6 is 0 Å². The molecule has 4 amide bonds. The summed E-state index contributed by atoms with van der Waals surface area (Å²) in [6, 6.07) is 18.0. The van der Waals surface area contributed by atoms with E-state index in [-0.39, 0.29) is 23.9 Å². The number of nitrogens with one attached hydrogen (secondary N) is 1. The fourth-order valence-corrected chi connectivity index (χ4v) is 7.45. The smallest absolute Gasteiger partial charge is 0.280 e. The first-order valence-electron chi connectivity index (χ1n) is 17.4. The van der Waals surface area contributed by atoms with E-state index < -0.39 is 54.0 Å². The van der Waals surface area contributed by atoms with Crippen molar-refractivity contribution >= 4 is 34.5 Å². The van der Waals surface area contributed by atoms with Crippen LogP contribution in [0.25, 0.3) is 10.9 Å². The second kappa shape index (κ2) is 15.6. The lowest BCUT2D eigenvalue weighted by molar-refractivity contribution is -0.154. The first-order chi connectivity index (χ1) is 23.3. The molecule has 2 heterocycles. The highest BCUT2D eigenvalue weighted by molar-refractivity contribution is 6.07. The maximum absolute atomic E-state index is 14.7. The number of benzene rings is 2. The number of nitrogens with zero attached hydrogens (tertiary/aromatic N) is 3. The van der Waals surface area contributed by atoms with Crippen molar-refractivity contribution in [3.05, 3.63) is 78.0 Å². The maximum atomic E-state index is 14.7. The van der Waals surface area contributed by atoms with Crippen molar-refractivity contribution in [3.8, 4) is 0 Å². The number of pyridine rings is 1. The Labute approximate surface area is 288 Å². The zero-order valence-corrected chi connectivity index (χ0v) is 28.8. The SMILES string of the molecule is CC(C)(C)NC(=O)[C@@H]1CC2CCCCC2CN1C([C@H](O)CCc1ccccc1)N(C(=O)c1ccc2ccccc2n1)C(=O)[C@@H](N)CC(N)=O. The Morgan fingerprint density at radius 2 is 1.65 bits per heavy atom. The highest BCUT2D eigenvalue weighted by atomic mass is 16.3. The number of hydrogen-bond acceptors (Lipinski definition) is 8. The number of aromatic nitrogens is 1. The van der Waals surface area contributed by atoms with Crippen molar-refractivity contribution in [2.75, 3.05) is 6.54 Å². The molecule has 1 aliphatic heterocycles. The molecule has 2 aliphatic rings. The number of amides is 4. The van der Waals surface area contributed by atoms with Gasteiger partial charge in [0, 0.05) is 17.5 Å². The number of piperidine rings is 1. The minimum atomic E-state index is -1.46. The molecule has 1 saturated carbocycles. The molecule has 2 fully saturated rings. The highest BCUT2D eigenvalue weighted by Gasteiger charge is 2.49. The number of aliphatic hydroxyl groups excluding tert-OH is 1. The van der Waals surface area contributed by atoms with Gasteiger partial charge in [0.15, 0.2) is 0 Å². The van der Waals surface area contributed by atoms with E-state index in [1.807, 2.05) is 68.1 Å². The molecule has 6 N–H and O–H groups in total. The van der Waals surface area contributed by atoms with Crippen LogP contribution in [0, 0.1) is 11.8 Å². The van der Waals surface area contributed by atoms with Gasteiger partial charge >= 0.3 is 0 Å². The number of primary amides is 1. The van der Waals surface area contributed by atoms with Crippen molar-refractivity contribution in [1.29, 1.82) is 0 Å². The van der Waals surface area contributed by atoms with Crippen molar-refractivity contribution in [2.24, 2.45) is 23.3 Å². The zero-order chi connectivity index (χ0) is 35.3. The molecule has 1 aromatic heterocycles. The number of carbonyl (C=O) groups is 4. The number of imide groups is 1. The average molecular weight is 671 g/mol. The van der Waals surface area contributed by atoms with Crippen molar-refractivity contribution in [1.82, 2.24) is 20.1 Å². The van der Waals surface area contributed by atoms with Gasteiger partial charge in [-0.25, -0.2) is 4.98 Å². The van der Waals surface area contributed by atoms with Gasteiger partial charge in [0.2, 0.25) is 17.7 Å². The average Bonchev–Trinajstić information content (AvgIpc) is 3.07. The second-order valence-corrected chi connectivity index (χ2v) is 14.7. The third-order valence-corrected chi connectivity index (χ3v) is 9.77. The lowest BCUT2D eigenvalue weighted by atomic mass is 9.72. The molecule has 3 unspecified atom stereocenters. The summed E-state index contributed by atoms with van der Waals surface area (Å²) in [5.41, 5.74) is 12.7. The molecule has 262 valence electrons. The number of nitrogens with two attached hydrogens (primary N) is 2. The molecule has 6 atom stereocenters. The van der Waals surface area contributed by atoms with E-state index in [4.69, 9.17) is 11.5 Å². The number of aryl methyl sites for hydroxylation is 1. The van der Waals surface area contributed by atoms with Gasteiger partial charge < -0.3 is 21.9 Å². The largest absolute Gasteiger partial charge is 0.390 e. The molecule has 2 aromatic carbocycles. The first kappa shape index (κ1) is 36.1. The highest BCUT2D eigenvalue weighted by Crippen LogP contribution is 2.41. The Morgan fingerprint density at radius 1 is 0.980 bits per heavy atom. The Morgan fingerprint density at radius 3 is 2.35 bits per heavy atom. The Hall–Kier alpha value is -4.19. The van der Waals surface area contributed by atoms with E-state index in [1.165, 1.54) is 6.07 Å². The molecule has 5 rings (SSSR count). The monoisotopic (exact) mass is 670 g/mol. The van der Waals surface area contributed by atoms with Gasteiger partial charge in [-0.05, 0) is 76.0 Å². The molecular formula is C38H50N6O5. The van der Waals surface area contributed by atoms with Gasteiger partial charge in [0.1, 0.15) is 11.9 Å². The van der Waals surface area contributed by atoms with E-state index in [0.717, 1.165) is 41.5 Å². The van der Waals surface area contributed by atoms with Crippen LogP contribution in [-0.4, -0.2) is 80.0 Å². The van der Waals surface area contributed by atoms with Crippen LogP contribution in [-0.2, 0) is 20.8 Å². The Balaban J connectivity index is 1.63. The maximum Gasteiger partial charge on any atom is 0.280 e. The number of rotatable bonds is 11. The van der Waals surface area contributed by atoms with Crippen molar-refractivity contribution in [3.63, 3.8) is 0 Å². The molecule has 3 aromatic rings. The predicted octanol–water partition coefficient (Wildman–Crippen LogP) is 3.52. The Bertz CT molecular complexity index is 1640. The summed E-state index contributed by atoms with van der Waals surface area (Å²) in [6.07, 6.45) is 2.15. The number of fused-ring (bicyclic) bond motifs is 2. The molecule has 0 radical (unpaired) electrons. The van der Waals surface area contributed by atoms with Gasteiger partial charge in [-0.1, -0.05) is 73.9 Å². The summed E-state index contributed by atoms with van der Waals surface area (Å²) in [7, 11) is 0. The predicted molar refractivity (Wildman–Crippen MR) is 188 cm³/mol. The van der Waals surface area contributed by atoms with E-state index in [9.17, 15) is 24.3 Å². The van der Waals surface area contributed by atoms with Crippen LogP contribution in [0.3, 0.4) is 0 Å². The molecule has 11 nitrogen and oxygen atoms in total. The minimum Gasteiger partial charge on any atom is -0.390 e. The third kappa shape index (κ3) is 8.89. The number of hydrogen-bond donors (Lipinski definition) is 4. The van der Waals surface area contributed by atoms with Gasteiger partial charge in [-0.3, -0.25) is 29.0 Å². The molecule has 0 spiro atoms. The Kier molecular flexibility index (Phi) is 11.5. The molecule has 0 bridgehead atoms. The molecular weight excluding hydrogens is 620 g/mol. The lowest BCUT2D eigenvalue weighted by Crippen LogP contribution is -2.68. The van der Waals surface area contributed by atoms with E-state index >= 15 is 0 Å². The van der Waals surface area contributed by atoms with Crippen LogP contribution in [0.4, 0.5) is 0 Å². The molecule has 49 heavy (non-hydrogen) atoms. The quantitative estimate of drug-likeness (QED) is 0.240. The fraction of sp³-hybridized carbons (Fsp3) is 0.500. The second-order valence-electron chi connectivity index (χ2n) is 14.7. The summed E-state index contributed by atoms with van der Waals surface area (Å²) in [4.78, 5) is 62.6. The minimum absolute atomic E-state index is 0.0261.